The fraction of sp³-hybridized carbons (Fsp3) is 0.364. The lowest BCUT2D eigenvalue weighted by atomic mass is 10.1. The summed E-state index contributed by atoms with van der Waals surface area (Å²) in [5.74, 6) is -3.49. The van der Waals surface area contributed by atoms with Gasteiger partial charge >= 0.3 is 0 Å². The number of amides is 1. The number of nitro groups is 1. The van der Waals surface area contributed by atoms with E-state index >= 15 is 0 Å². The quantitative estimate of drug-likeness (QED) is 0.487. The van der Waals surface area contributed by atoms with E-state index in [1.54, 1.807) is 6.92 Å². The summed E-state index contributed by atoms with van der Waals surface area (Å²) < 4.78 is 26.1. The van der Waals surface area contributed by atoms with Gasteiger partial charge in [0.1, 0.15) is 5.56 Å². The second kappa shape index (κ2) is 5.92. The Bertz CT molecular complexity index is 523. The highest BCUT2D eigenvalue weighted by molar-refractivity contribution is 6.20. The molecule has 1 aromatic rings. The SMILES string of the molecule is CC(Cl)CN(C)C(=O)c1cc(F)c(F)cc1[N+](=O)[O-]. The molecule has 1 rings (SSSR count). The van der Waals surface area contributed by atoms with Crippen LogP contribution in [-0.2, 0) is 0 Å². The van der Waals surface area contributed by atoms with Gasteiger partial charge < -0.3 is 4.90 Å². The average Bonchev–Trinajstić information content (AvgIpc) is 2.29. The van der Waals surface area contributed by atoms with Gasteiger partial charge in [0, 0.05) is 19.0 Å². The molecule has 0 fully saturated rings. The second-order valence-corrected chi connectivity index (χ2v) is 4.75. The predicted molar refractivity (Wildman–Crippen MR) is 65.3 cm³/mol. The smallest absolute Gasteiger partial charge is 0.285 e. The maximum atomic E-state index is 13.1. The molecule has 0 aliphatic rings. The number of nitro benzene ring substituents is 1. The van der Waals surface area contributed by atoms with Gasteiger partial charge in [-0.2, -0.15) is 0 Å². The predicted octanol–water partition coefficient (Wildman–Crippen LogP) is 2.57. The third-order valence-corrected chi connectivity index (χ3v) is 2.48. The van der Waals surface area contributed by atoms with Gasteiger partial charge in [0.05, 0.1) is 11.0 Å². The van der Waals surface area contributed by atoms with Crippen molar-refractivity contribution in [3.05, 3.63) is 39.4 Å². The molecule has 0 radical (unpaired) electrons. The monoisotopic (exact) mass is 292 g/mol. The summed E-state index contributed by atoms with van der Waals surface area (Å²) in [7, 11) is 1.37. The van der Waals surface area contributed by atoms with E-state index in [0.717, 1.165) is 4.90 Å². The molecule has 0 aliphatic heterocycles. The molecule has 5 nitrogen and oxygen atoms in total. The van der Waals surface area contributed by atoms with Crippen LogP contribution >= 0.6 is 11.6 Å². The van der Waals surface area contributed by atoms with Gasteiger partial charge in [-0.25, -0.2) is 8.78 Å². The average molecular weight is 293 g/mol. The lowest BCUT2D eigenvalue weighted by Crippen LogP contribution is -2.32. The van der Waals surface area contributed by atoms with Crippen molar-refractivity contribution in [2.24, 2.45) is 0 Å². The normalized spacial score (nSPS) is 12.1. The number of rotatable bonds is 4. The van der Waals surface area contributed by atoms with Crippen molar-refractivity contribution < 1.29 is 18.5 Å². The zero-order valence-electron chi connectivity index (χ0n) is 10.2. The van der Waals surface area contributed by atoms with Crippen LogP contribution in [0.25, 0.3) is 0 Å². The van der Waals surface area contributed by atoms with Gasteiger partial charge in [0.15, 0.2) is 11.6 Å². The molecular weight excluding hydrogens is 282 g/mol. The number of nitrogens with zero attached hydrogens (tertiary/aromatic N) is 2. The zero-order valence-corrected chi connectivity index (χ0v) is 10.9. The number of carbonyl (C=O) groups is 1. The molecule has 8 heteroatoms. The van der Waals surface area contributed by atoms with Gasteiger partial charge in [-0.1, -0.05) is 0 Å². The van der Waals surface area contributed by atoms with Crippen LogP contribution in [0.3, 0.4) is 0 Å². The van der Waals surface area contributed by atoms with Gasteiger partial charge in [-0.3, -0.25) is 14.9 Å². The minimum atomic E-state index is -1.38. The molecule has 0 saturated carbocycles. The van der Waals surface area contributed by atoms with Crippen LogP contribution in [0.1, 0.15) is 17.3 Å². The Morgan fingerprint density at radius 1 is 1.47 bits per heavy atom. The lowest BCUT2D eigenvalue weighted by Gasteiger charge is -2.18. The highest BCUT2D eigenvalue weighted by atomic mass is 35.5. The van der Waals surface area contributed by atoms with Crippen molar-refractivity contribution in [3.63, 3.8) is 0 Å². The van der Waals surface area contributed by atoms with Crippen molar-refractivity contribution in [3.8, 4) is 0 Å². The lowest BCUT2D eigenvalue weighted by molar-refractivity contribution is -0.385. The molecular formula is C11H11ClF2N2O3. The highest BCUT2D eigenvalue weighted by Crippen LogP contribution is 2.23. The number of benzene rings is 1. The number of hydrogen-bond donors (Lipinski definition) is 0. The van der Waals surface area contributed by atoms with Crippen molar-refractivity contribution in [1.29, 1.82) is 0 Å². The molecule has 0 bridgehead atoms. The van der Waals surface area contributed by atoms with E-state index in [1.807, 2.05) is 0 Å². The number of alkyl halides is 1. The van der Waals surface area contributed by atoms with Gasteiger partial charge in [0.2, 0.25) is 0 Å². The molecule has 1 aromatic carbocycles. The van der Waals surface area contributed by atoms with E-state index in [0.29, 0.717) is 12.1 Å². The topological polar surface area (TPSA) is 63.5 Å². The third kappa shape index (κ3) is 3.60. The zero-order chi connectivity index (χ0) is 14.7. The van der Waals surface area contributed by atoms with Crippen LogP contribution in [0.4, 0.5) is 14.5 Å². The number of hydrogen-bond acceptors (Lipinski definition) is 3. The molecule has 104 valence electrons. The summed E-state index contributed by atoms with van der Waals surface area (Å²) >= 11 is 5.70. The van der Waals surface area contributed by atoms with E-state index in [2.05, 4.69) is 0 Å². The third-order valence-electron chi connectivity index (χ3n) is 2.34. The van der Waals surface area contributed by atoms with Crippen molar-refractivity contribution in [2.75, 3.05) is 13.6 Å². The first-order chi connectivity index (χ1) is 8.73. The molecule has 0 aliphatic carbocycles. The molecule has 19 heavy (non-hydrogen) atoms. The standard InChI is InChI=1S/C11H11ClF2N2O3/c1-6(12)5-15(2)11(17)7-3-8(13)9(14)4-10(7)16(18)19/h3-4,6H,5H2,1-2H3. The van der Waals surface area contributed by atoms with Gasteiger partial charge in [-0.05, 0) is 13.0 Å². The fourth-order valence-corrected chi connectivity index (χ4v) is 1.73. The molecule has 1 atom stereocenters. The van der Waals surface area contributed by atoms with Crippen LogP contribution in [0.15, 0.2) is 12.1 Å². The van der Waals surface area contributed by atoms with Crippen LogP contribution in [0, 0.1) is 21.7 Å². The van der Waals surface area contributed by atoms with E-state index in [-0.39, 0.29) is 11.9 Å². The number of carbonyl (C=O) groups excluding carboxylic acids is 1. The van der Waals surface area contributed by atoms with E-state index in [4.69, 9.17) is 11.6 Å². The summed E-state index contributed by atoms with van der Waals surface area (Å²) in [4.78, 5) is 22.9. The Balaban J connectivity index is 3.21. The largest absolute Gasteiger partial charge is 0.340 e. The van der Waals surface area contributed by atoms with Crippen molar-refractivity contribution in [1.82, 2.24) is 4.90 Å². The highest BCUT2D eigenvalue weighted by Gasteiger charge is 2.26. The molecule has 1 unspecified atom stereocenters. The Labute approximate surface area is 112 Å². The summed E-state index contributed by atoms with van der Waals surface area (Å²) in [6.45, 7) is 1.75. The van der Waals surface area contributed by atoms with Crippen molar-refractivity contribution in [2.45, 2.75) is 12.3 Å². The van der Waals surface area contributed by atoms with Crippen LogP contribution < -0.4 is 0 Å². The second-order valence-electron chi connectivity index (χ2n) is 4.01. The van der Waals surface area contributed by atoms with E-state index in [1.165, 1.54) is 7.05 Å². The molecule has 1 amide bonds. The fourth-order valence-electron chi connectivity index (χ4n) is 1.52. The first-order valence-corrected chi connectivity index (χ1v) is 5.70. The minimum Gasteiger partial charge on any atom is -0.340 e. The molecule has 0 saturated heterocycles. The Morgan fingerprint density at radius 2 is 2.00 bits per heavy atom. The molecule has 0 aromatic heterocycles. The molecule has 0 spiro atoms. The first-order valence-electron chi connectivity index (χ1n) is 5.27. The minimum absolute atomic E-state index is 0.122. The van der Waals surface area contributed by atoms with E-state index in [9.17, 15) is 23.7 Å². The van der Waals surface area contributed by atoms with Crippen LogP contribution in [0.2, 0.25) is 0 Å². The number of halogens is 3. The molecule has 0 heterocycles. The first kappa shape index (κ1) is 15.3. The van der Waals surface area contributed by atoms with Crippen LogP contribution in [-0.4, -0.2) is 34.7 Å². The van der Waals surface area contributed by atoms with Crippen molar-refractivity contribution >= 4 is 23.2 Å². The van der Waals surface area contributed by atoms with Gasteiger partial charge in [-0.15, -0.1) is 11.6 Å². The maximum Gasteiger partial charge on any atom is 0.285 e. The van der Waals surface area contributed by atoms with E-state index < -0.39 is 33.7 Å². The Hall–Kier alpha value is -1.76. The summed E-state index contributed by atoms with van der Waals surface area (Å²) in [5, 5.41) is 10.4. The Morgan fingerprint density at radius 3 is 2.47 bits per heavy atom. The Kier molecular flexibility index (Phi) is 4.77. The maximum absolute atomic E-state index is 13.1. The molecule has 0 N–H and O–H groups in total. The summed E-state index contributed by atoms with van der Waals surface area (Å²) in [5.41, 5.74) is -1.29. The summed E-state index contributed by atoms with van der Waals surface area (Å²) in [6, 6.07) is 0.908. The van der Waals surface area contributed by atoms with Crippen LogP contribution in [0.5, 0.6) is 0 Å². The summed E-state index contributed by atoms with van der Waals surface area (Å²) in [6.07, 6.45) is 0. The van der Waals surface area contributed by atoms with Gasteiger partial charge in [0.25, 0.3) is 11.6 Å².